The first-order valence-corrected chi connectivity index (χ1v) is 6.95. The molecule has 0 aromatic carbocycles. The average molecular weight is 476 g/mol. The Morgan fingerprint density at radius 3 is 0.929 bits per heavy atom. The third-order valence-electron chi connectivity index (χ3n) is 3.02. The van der Waals surface area contributed by atoms with Crippen LogP contribution in [0.1, 0.15) is 0 Å². The molecular weight excluding hydrogens is 450 g/mol. The summed E-state index contributed by atoms with van der Waals surface area (Å²) in [5, 5.41) is 104. The molecule has 0 aliphatic carbocycles. The first-order chi connectivity index (χ1) is 11.8. The predicted molar refractivity (Wildman–Crippen MR) is 81.1 cm³/mol. The van der Waals surface area contributed by atoms with E-state index in [2.05, 4.69) is 0 Å². The van der Waals surface area contributed by atoms with Crippen LogP contribution >= 0.6 is 0 Å². The van der Waals surface area contributed by atoms with Gasteiger partial charge in [-0.2, -0.15) is 0 Å². The number of carboxylic acid groups (broad SMARTS) is 2. The first kappa shape index (κ1) is 34.6. The summed E-state index contributed by atoms with van der Waals surface area (Å²) in [6.07, 6.45) is -15.7. The van der Waals surface area contributed by atoms with Gasteiger partial charge in [-0.05, 0) is 0 Å². The molecule has 0 aromatic rings. The van der Waals surface area contributed by atoms with Gasteiger partial charge in [0.05, 0.1) is 13.2 Å². The molecule has 166 valence electrons. The van der Waals surface area contributed by atoms with Crippen LogP contribution in [0.3, 0.4) is 0 Å². The Hall–Kier alpha value is -0.877. The van der Waals surface area contributed by atoms with Crippen LogP contribution in [0.5, 0.6) is 0 Å². The fourth-order valence-corrected chi connectivity index (χ4v) is 1.34. The van der Waals surface area contributed by atoms with Gasteiger partial charge in [-0.3, -0.25) is 0 Å². The molecule has 0 heterocycles. The van der Waals surface area contributed by atoms with Crippen molar-refractivity contribution in [3.63, 3.8) is 0 Å². The normalized spacial score (nSPS) is 18.9. The molecule has 15 nitrogen and oxygen atoms in total. The van der Waals surface area contributed by atoms with Gasteiger partial charge in [-0.15, -0.1) is 0 Å². The maximum atomic E-state index is 10.1. The molecule has 28 heavy (non-hydrogen) atoms. The van der Waals surface area contributed by atoms with E-state index in [1.807, 2.05) is 0 Å². The van der Waals surface area contributed by atoms with E-state index in [0.29, 0.717) is 0 Å². The summed E-state index contributed by atoms with van der Waals surface area (Å²) >= 11 is 0. The van der Waals surface area contributed by atoms with E-state index in [9.17, 15) is 9.59 Å². The Morgan fingerprint density at radius 2 is 0.786 bits per heavy atom. The third kappa shape index (κ3) is 11.9. The van der Waals surface area contributed by atoms with Crippen molar-refractivity contribution in [2.24, 2.45) is 0 Å². The summed E-state index contributed by atoms with van der Waals surface area (Å²) in [6, 6.07) is 0. The average Bonchev–Trinajstić information content (AvgIpc) is 2.62. The fraction of sp³-hybridized carbons (Fsp3) is 0.833. The van der Waals surface area contributed by atoms with Crippen LogP contribution in [-0.4, -0.2) is 141 Å². The number of aliphatic hydroxyl groups excluding tert-OH is 10. The Balaban J connectivity index is -0.000000192. The minimum atomic E-state index is -2.20. The number of hydrogen-bond acceptors (Lipinski definition) is 12. The Bertz CT molecular complexity index is 386. The Morgan fingerprint density at radius 1 is 0.571 bits per heavy atom. The molecule has 0 aliphatic heterocycles. The summed E-state index contributed by atoms with van der Waals surface area (Å²) in [5.74, 6) is -3.45. The molecule has 16 heteroatoms. The molecule has 0 radical (unpaired) electrons. The molecule has 0 saturated heterocycles. The molecule has 14 N–H and O–H groups in total. The smallest absolute Gasteiger partial charge is 0.335 e. The molecule has 8 atom stereocenters. The first-order valence-electron chi connectivity index (χ1n) is 6.95. The van der Waals surface area contributed by atoms with Crippen LogP contribution in [0, 0.1) is 0 Å². The summed E-state index contributed by atoms with van der Waals surface area (Å²) in [6.45, 7) is -1.69. The quantitative estimate of drug-likeness (QED) is 0.130. The standard InChI is InChI=1S/2C6H12O7.H2O.Zn/c2*7-1-2(8)3(9)4(10)5(11)6(12)13;;/h2*2-5,7-11H,1H2,(H,12,13);1H2;/t2*2-,3-,4+,5-;;/m11../s1. The number of carbonyl (C=O) groups is 2. The van der Waals surface area contributed by atoms with E-state index < -0.39 is 74.0 Å². The van der Waals surface area contributed by atoms with Gasteiger partial charge in [-0.25, -0.2) is 9.59 Å². The van der Waals surface area contributed by atoms with E-state index in [4.69, 9.17) is 61.3 Å². The van der Waals surface area contributed by atoms with Crippen LogP contribution in [0.25, 0.3) is 0 Å². The van der Waals surface area contributed by atoms with E-state index in [0.717, 1.165) is 0 Å². The summed E-state index contributed by atoms with van der Waals surface area (Å²) in [5.41, 5.74) is 0. The zero-order valence-electron chi connectivity index (χ0n) is 14.4. The second kappa shape index (κ2) is 17.0. The molecule has 0 bridgehead atoms. The second-order valence-electron chi connectivity index (χ2n) is 5.03. The van der Waals surface area contributed by atoms with Crippen molar-refractivity contribution in [2.75, 3.05) is 13.2 Å². The predicted octanol–water partition coefficient (Wildman–Crippen LogP) is -7.81. The van der Waals surface area contributed by atoms with Gasteiger partial charge in [0.2, 0.25) is 0 Å². The van der Waals surface area contributed by atoms with Crippen molar-refractivity contribution < 1.29 is 95.8 Å². The van der Waals surface area contributed by atoms with Crippen molar-refractivity contribution in [1.29, 1.82) is 0 Å². The summed E-state index contributed by atoms with van der Waals surface area (Å²) in [4.78, 5) is 20.2. The molecular formula is C12H26O15Zn. The number of hydrogen-bond donors (Lipinski definition) is 12. The van der Waals surface area contributed by atoms with Crippen LogP contribution in [0.2, 0.25) is 0 Å². The Labute approximate surface area is 170 Å². The van der Waals surface area contributed by atoms with Crippen molar-refractivity contribution in [3.8, 4) is 0 Å². The van der Waals surface area contributed by atoms with Crippen LogP contribution in [0.4, 0.5) is 0 Å². The fourth-order valence-electron chi connectivity index (χ4n) is 1.34. The van der Waals surface area contributed by atoms with Crippen molar-refractivity contribution >= 4 is 11.9 Å². The van der Waals surface area contributed by atoms with Crippen LogP contribution in [0.15, 0.2) is 0 Å². The van der Waals surface area contributed by atoms with Gasteiger partial charge >= 0.3 is 11.9 Å². The largest absolute Gasteiger partial charge is 0.479 e. The maximum Gasteiger partial charge on any atom is 0.335 e. The van der Waals surface area contributed by atoms with E-state index in [1.54, 1.807) is 0 Å². The van der Waals surface area contributed by atoms with Crippen molar-refractivity contribution in [2.45, 2.75) is 48.8 Å². The number of aliphatic hydroxyl groups is 10. The van der Waals surface area contributed by atoms with E-state index in [1.165, 1.54) is 0 Å². The van der Waals surface area contributed by atoms with E-state index >= 15 is 0 Å². The maximum absolute atomic E-state index is 10.1. The van der Waals surface area contributed by atoms with Gasteiger partial charge < -0.3 is 66.8 Å². The van der Waals surface area contributed by atoms with Crippen molar-refractivity contribution in [3.05, 3.63) is 0 Å². The Kier molecular flexibility index (Phi) is 21.0. The molecule has 0 rings (SSSR count). The second-order valence-corrected chi connectivity index (χ2v) is 5.03. The molecule has 0 saturated carbocycles. The third-order valence-corrected chi connectivity index (χ3v) is 3.02. The minimum Gasteiger partial charge on any atom is -0.479 e. The molecule has 0 amide bonds. The zero-order valence-corrected chi connectivity index (χ0v) is 17.4. The molecule has 0 aromatic heterocycles. The van der Waals surface area contributed by atoms with E-state index in [-0.39, 0.29) is 25.0 Å². The van der Waals surface area contributed by atoms with Gasteiger partial charge in [0.15, 0.2) is 12.2 Å². The minimum absolute atomic E-state index is 0. The van der Waals surface area contributed by atoms with Gasteiger partial charge in [0, 0.05) is 19.5 Å². The molecule has 0 fully saturated rings. The van der Waals surface area contributed by atoms with Crippen LogP contribution < -0.4 is 0 Å². The monoisotopic (exact) mass is 474 g/mol. The van der Waals surface area contributed by atoms with Crippen molar-refractivity contribution in [1.82, 2.24) is 0 Å². The van der Waals surface area contributed by atoms with Gasteiger partial charge in [0.1, 0.15) is 36.6 Å². The van der Waals surface area contributed by atoms with Gasteiger partial charge in [0.25, 0.3) is 0 Å². The summed E-state index contributed by atoms with van der Waals surface area (Å²) < 4.78 is 0. The van der Waals surface area contributed by atoms with Gasteiger partial charge in [-0.1, -0.05) is 0 Å². The molecule has 0 aliphatic rings. The summed E-state index contributed by atoms with van der Waals surface area (Å²) in [7, 11) is 0. The molecule has 0 unspecified atom stereocenters. The SMILES string of the molecule is O.O=C(O)[C@H](O)[C@@H](O)[C@H](O)[C@H](O)CO.O=C(O)[C@H](O)[C@@H](O)[C@H](O)[C@H](O)CO.[Zn]. The number of rotatable bonds is 10. The topological polar surface area (TPSA) is 308 Å². The van der Waals surface area contributed by atoms with Crippen LogP contribution in [-0.2, 0) is 29.1 Å². The molecule has 0 spiro atoms. The number of carboxylic acids is 2. The zero-order chi connectivity index (χ0) is 21.2. The number of aliphatic carboxylic acids is 2.